The zero-order valence-electron chi connectivity index (χ0n) is 10.5. The van der Waals surface area contributed by atoms with Gasteiger partial charge >= 0.3 is 0 Å². The van der Waals surface area contributed by atoms with E-state index in [-0.39, 0.29) is 5.92 Å². The number of aliphatic hydroxyl groups is 1. The highest BCUT2D eigenvalue weighted by Crippen LogP contribution is 2.32. The van der Waals surface area contributed by atoms with Gasteiger partial charge in [0, 0.05) is 22.8 Å². The van der Waals surface area contributed by atoms with E-state index in [9.17, 15) is 5.11 Å². The highest BCUT2D eigenvalue weighted by atomic mass is 79.9. The average Bonchev–Trinajstić information content (AvgIpc) is 2.38. The first-order chi connectivity index (χ1) is 8.59. The maximum Gasteiger partial charge on any atom is 0.0858 e. The zero-order chi connectivity index (χ0) is 13.1. The molecule has 2 aromatic rings. The number of nitrogens with zero attached hydrogens (tertiary/aromatic N) is 1. The van der Waals surface area contributed by atoms with Gasteiger partial charge in [-0.2, -0.15) is 0 Å². The summed E-state index contributed by atoms with van der Waals surface area (Å²) in [7, 11) is 0. The molecule has 94 valence electrons. The van der Waals surface area contributed by atoms with Crippen LogP contribution in [0.4, 0.5) is 0 Å². The number of halogens is 1. The molecule has 0 radical (unpaired) electrons. The smallest absolute Gasteiger partial charge is 0.0858 e. The second kappa shape index (κ2) is 5.63. The Kier molecular flexibility index (Phi) is 4.15. The third-order valence-electron chi connectivity index (χ3n) is 3.26. The Morgan fingerprint density at radius 3 is 2.44 bits per heavy atom. The number of aromatic nitrogens is 1. The number of pyridine rings is 1. The van der Waals surface area contributed by atoms with Gasteiger partial charge in [-0.25, -0.2) is 0 Å². The first-order valence-corrected chi connectivity index (χ1v) is 6.73. The molecule has 18 heavy (non-hydrogen) atoms. The minimum absolute atomic E-state index is 0.0490. The molecule has 0 aliphatic carbocycles. The lowest BCUT2D eigenvalue weighted by Gasteiger charge is -2.21. The van der Waals surface area contributed by atoms with Crippen molar-refractivity contribution in [1.29, 1.82) is 0 Å². The van der Waals surface area contributed by atoms with E-state index >= 15 is 0 Å². The minimum atomic E-state index is -0.500. The first-order valence-electron chi connectivity index (χ1n) is 5.93. The van der Waals surface area contributed by atoms with Gasteiger partial charge in [0.2, 0.25) is 0 Å². The average molecular weight is 306 g/mol. The molecule has 2 nitrogen and oxygen atoms in total. The summed E-state index contributed by atoms with van der Waals surface area (Å²) in [4.78, 5) is 4.00. The summed E-state index contributed by atoms with van der Waals surface area (Å²) >= 11 is 3.44. The second-order valence-electron chi connectivity index (χ2n) is 4.51. The van der Waals surface area contributed by atoms with Crippen molar-refractivity contribution in [3.8, 4) is 0 Å². The number of hydrogen-bond acceptors (Lipinski definition) is 2. The molecule has 0 amide bonds. The lowest BCUT2D eigenvalue weighted by atomic mass is 9.89. The van der Waals surface area contributed by atoms with Crippen molar-refractivity contribution in [2.75, 3.05) is 0 Å². The van der Waals surface area contributed by atoms with Crippen LogP contribution in [-0.2, 0) is 0 Å². The third kappa shape index (κ3) is 2.79. The van der Waals surface area contributed by atoms with Crippen LogP contribution in [0.1, 0.15) is 35.6 Å². The van der Waals surface area contributed by atoms with E-state index in [1.165, 1.54) is 0 Å². The maximum atomic E-state index is 10.5. The largest absolute Gasteiger partial charge is 0.388 e. The van der Waals surface area contributed by atoms with Gasteiger partial charge in [-0.1, -0.05) is 28.9 Å². The summed E-state index contributed by atoms with van der Waals surface area (Å²) in [5.41, 5.74) is 3.17. The van der Waals surface area contributed by atoms with Gasteiger partial charge < -0.3 is 5.11 Å². The lowest BCUT2D eigenvalue weighted by Crippen LogP contribution is -2.09. The molecular weight excluding hydrogens is 290 g/mol. The van der Waals surface area contributed by atoms with Crippen LogP contribution in [0.2, 0.25) is 0 Å². The molecular formula is C15H16BrNO. The maximum absolute atomic E-state index is 10.5. The van der Waals surface area contributed by atoms with Crippen LogP contribution in [0, 0.1) is 6.92 Å². The number of hydrogen-bond donors (Lipinski definition) is 1. The summed E-state index contributed by atoms with van der Waals surface area (Å²) in [5, 5.41) is 10.5. The van der Waals surface area contributed by atoms with E-state index in [4.69, 9.17) is 0 Å². The predicted molar refractivity (Wildman–Crippen MR) is 76.5 cm³/mol. The van der Waals surface area contributed by atoms with Crippen LogP contribution in [0.5, 0.6) is 0 Å². The van der Waals surface area contributed by atoms with E-state index in [0.717, 1.165) is 21.2 Å². The minimum Gasteiger partial charge on any atom is -0.388 e. The molecule has 0 bridgehead atoms. The molecule has 0 saturated carbocycles. The van der Waals surface area contributed by atoms with Crippen LogP contribution in [0.3, 0.4) is 0 Å². The summed E-state index contributed by atoms with van der Waals surface area (Å²) < 4.78 is 1.03. The van der Waals surface area contributed by atoms with Gasteiger partial charge in [0.25, 0.3) is 0 Å². The second-order valence-corrected chi connectivity index (χ2v) is 5.43. The SMILES string of the molecule is Cc1cc(Br)ccc1C(O)C(C)c1ccncc1. The van der Waals surface area contributed by atoms with Gasteiger partial charge in [0.05, 0.1) is 6.10 Å². The molecule has 3 heteroatoms. The van der Waals surface area contributed by atoms with Crippen LogP contribution in [0.25, 0.3) is 0 Å². The fourth-order valence-corrected chi connectivity index (χ4v) is 2.57. The normalized spacial score (nSPS) is 14.2. The first kappa shape index (κ1) is 13.2. The van der Waals surface area contributed by atoms with E-state index in [1.54, 1.807) is 12.4 Å². The molecule has 1 aromatic heterocycles. The van der Waals surface area contributed by atoms with Crippen molar-refractivity contribution >= 4 is 15.9 Å². The molecule has 1 N–H and O–H groups in total. The highest BCUT2D eigenvalue weighted by Gasteiger charge is 2.19. The quantitative estimate of drug-likeness (QED) is 0.930. The molecule has 2 unspecified atom stereocenters. The van der Waals surface area contributed by atoms with Crippen molar-refractivity contribution in [3.05, 3.63) is 63.9 Å². The molecule has 0 aliphatic heterocycles. The molecule has 1 heterocycles. The van der Waals surface area contributed by atoms with E-state index in [2.05, 4.69) is 20.9 Å². The molecule has 0 aliphatic rings. The molecule has 0 fully saturated rings. The van der Waals surface area contributed by atoms with Crippen LogP contribution in [0.15, 0.2) is 47.2 Å². The number of aryl methyl sites for hydroxylation is 1. The predicted octanol–water partition coefficient (Wildman–Crippen LogP) is 3.99. The summed E-state index contributed by atoms with van der Waals surface area (Å²) in [6.07, 6.45) is 3.01. The lowest BCUT2D eigenvalue weighted by molar-refractivity contribution is 0.151. The standard InChI is InChI=1S/C15H16BrNO/c1-10-9-13(16)3-4-14(10)15(18)11(2)12-5-7-17-8-6-12/h3-9,11,15,18H,1-2H3. The van der Waals surface area contributed by atoms with Crippen molar-refractivity contribution in [1.82, 2.24) is 4.98 Å². The Hall–Kier alpha value is -1.19. The monoisotopic (exact) mass is 305 g/mol. The summed E-state index contributed by atoms with van der Waals surface area (Å²) in [6, 6.07) is 9.86. The van der Waals surface area contributed by atoms with Crippen molar-refractivity contribution in [2.45, 2.75) is 25.9 Å². The molecule has 0 saturated heterocycles. The Balaban J connectivity index is 2.28. The topological polar surface area (TPSA) is 33.1 Å². The summed E-state index contributed by atoms with van der Waals surface area (Å²) in [5.74, 6) is 0.0490. The van der Waals surface area contributed by atoms with Gasteiger partial charge in [-0.3, -0.25) is 4.98 Å². The number of rotatable bonds is 3. The molecule has 1 aromatic carbocycles. The fraction of sp³-hybridized carbons (Fsp3) is 0.267. The Morgan fingerprint density at radius 1 is 1.17 bits per heavy atom. The van der Waals surface area contributed by atoms with Crippen molar-refractivity contribution in [2.24, 2.45) is 0 Å². The third-order valence-corrected chi connectivity index (χ3v) is 3.75. The van der Waals surface area contributed by atoms with Gasteiger partial charge in [-0.05, 0) is 47.9 Å². The number of benzene rings is 1. The molecule has 0 spiro atoms. The zero-order valence-corrected chi connectivity index (χ0v) is 12.1. The van der Waals surface area contributed by atoms with Gasteiger partial charge in [0.1, 0.15) is 0 Å². The van der Waals surface area contributed by atoms with Gasteiger partial charge in [-0.15, -0.1) is 0 Å². The van der Waals surface area contributed by atoms with Crippen LogP contribution >= 0.6 is 15.9 Å². The van der Waals surface area contributed by atoms with E-state index in [1.807, 2.05) is 44.2 Å². The summed E-state index contributed by atoms with van der Waals surface area (Å²) in [6.45, 7) is 4.05. The van der Waals surface area contributed by atoms with Crippen molar-refractivity contribution < 1.29 is 5.11 Å². The highest BCUT2D eigenvalue weighted by molar-refractivity contribution is 9.10. The fourth-order valence-electron chi connectivity index (χ4n) is 2.09. The Bertz CT molecular complexity index is 527. The van der Waals surface area contributed by atoms with Crippen molar-refractivity contribution in [3.63, 3.8) is 0 Å². The van der Waals surface area contributed by atoms with Gasteiger partial charge in [0.15, 0.2) is 0 Å². The Labute approximate surface area is 116 Å². The van der Waals surface area contributed by atoms with E-state index < -0.39 is 6.10 Å². The molecule has 2 atom stereocenters. The number of aliphatic hydroxyl groups excluding tert-OH is 1. The van der Waals surface area contributed by atoms with Crippen LogP contribution < -0.4 is 0 Å². The van der Waals surface area contributed by atoms with Crippen LogP contribution in [-0.4, -0.2) is 10.1 Å². The molecule has 2 rings (SSSR count). The van der Waals surface area contributed by atoms with E-state index in [0.29, 0.717) is 0 Å². The Morgan fingerprint density at radius 2 is 1.83 bits per heavy atom.